The van der Waals surface area contributed by atoms with Crippen molar-refractivity contribution in [3.05, 3.63) is 59.3 Å². The summed E-state index contributed by atoms with van der Waals surface area (Å²) < 4.78 is 46.2. The van der Waals surface area contributed by atoms with E-state index in [1.54, 1.807) is 0 Å². The molecule has 0 bridgehead atoms. The van der Waals surface area contributed by atoms with Crippen LogP contribution < -0.4 is 5.32 Å². The number of nitrogens with zero attached hydrogens (tertiary/aromatic N) is 3. The highest BCUT2D eigenvalue weighted by Gasteiger charge is 2.36. The van der Waals surface area contributed by atoms with Gasteiger partial charge in [-0.15, -0.1) is 0 Å². The normalized spacial score (nSPS) is 18.7. The fourth-order valence-corrected chi connectivity index (χ4v) is 3.38. The molecule has 3 rings (SSSR count). The Kier molecular flexibility index (Phi) is 6.91. The van der Waals surface area contributed by atoms with Crippen LogP contribution in [0.4, 0.5) is 13.2 Å². The minimum absolute atomic E-state index is 0.00409. The number of hydrogen-bond donors (Lipinski definition) is 1. The number of amides is 2. The summed E-state index contributed by atoms with van der Waals surface area (Å²) in [5.74, 6) is -2.02. The minimum atomic E-state index is -2.82. The minimum Gasteiger partial charge on any atom is -0.361 e. The van der Waals surface area contributed by atoms with Crippen LogP contribution in [0.25, 0.3) is 11.3 Å². The summed E-state index contributed by atoms with van der Waals surface area (Å²) >= 11 is 6.11. The molecule has 1 aliphatic heterocycles. The van der Waals surface area contributed by atoms with E-state index in [1.165, 1.54) is 30.1 Å². The Balaban J connectivity index is 2.00. The zero-order valence-electron chi connectivity index (χ0n) is 16.3. The molecule has 2 atom stereocenters. The molecular weight excluding hydrogens is 437 g/mol. The monoisotopic (exact) mass is 454 g/mol. The molecular formula is C20H18ClF3N4O3. The van der Waals surface area contributed by atoms with Gasteiger partial charge in [0, 0.05) is 18.7 Å². The van der Waals surface area contributed by atoms with Gasteiger partial charge in [-0.1, -0.05) is 18.2 Å². The summed E-state index contributed by atoms with van der Waals surface area (Å²) in [6, 6.07) is 5.27. The van der Waals surface area contributed by atoms with Crippen LogP contribution in [0.1, 0.15) is 22.2 Å². The maximum atomic E-state index is 14.0. The van der Waals surface area contributed by atoms with Crippen molar-refractivity contribution in [1.82, 2.24) is 20.2 Å². The Labute approximate surface area is 180 Å². The zero-order valence-corrected chi connectivity index (χ0v) is 17.1. The van der Waals surface area contributed by atoms with E-state index in [0.717, 1.165) is 12.1 Å². The zero-order chi connectivity index (χ0) is 22.7. The first-order valence-electron chi connectivity index (χ1n) is 9.14. The van der Waals surface area contributed by atoms with Gasteiger partial charge in [-0.2, -0.15) is 4.39 Å². The van der Waals surface area contributed by atoms with Crippen LogP contribution >= 0.6 is 11.6 Å². The molecule has 0 spiro atoms. The lowest BCUT2D eigenvalue weighted by molar-refractivity contribution is -0.159. The Bertz CT molecular complexity index is 1020. The summed E-state index contributed by atoms with van der Waals surface area (Å²) in [6.45, 7) is 3.09. The third-order valence-corrected chi connectivity index (χ3v) is 4.82. The van der Waals surface area contributed by atoms with Crippen molar-refractivity contribution < 1.29 is 27.5 Å². The smallest absolute Gasteiger partial charge is 0.269 e. The van der Waals surface area contributed by atoms with E-state index in [1.807, 2.05) is 0 Å². The van der Waals surface area contributed by atoms with Crippen molar-refractivity contribution in [2.75, 3.05) is 20.1 Å². The Morgan fingerprint density at radius 3 is 2.68 bits per heavy atom. The van der Waals surface area contributed by atoms with Gasteiger partial charge < -0.3 is 15.0 Å². The van der Waals surface area contributed by atoms with Crippen molar-refractivity contribution in [3.8, 4) is 11.3 Å². The summed E-state index contributed by atoms with van der Waals surface area (Å²) in [5, 5.41) is 2.34. The van der Waals surface area contributed by atoms with Crippen molar-refractivity contribution >= 4 is 23.4 Å². The maximum absolute atomic E-state index is 14.0. The molecule has 164 valence electrons. The fraction of sp³-hybridized carbons (Fsp3) is 0.300. The second kappa shape index (κ2) is 9.44. The third kappa shape index (κ3) is 5.20. The van der Waals surface area contributed by atoms with Crippen LogP contribution in [-0.2, 0) is 9.53 Å². The van der Waals surface area contributed by atoms with Crippen molar-refractivity contribution in [3.63, 3.8) is 0 Å². The van der Waals surface area contributed by atoms with E-state index in [-0.39, 0.29) is 35.2 Å². The molecule has 0 aliphatic carbocycles. The van der Waals surface area contributed by atoms with E-state index < -0.39 is 36.4 Å². The number of carbonyl (C=O) groups excluding carboxylic acids is 2. The number of pyridine rings is 2. The highest BCUT2D eigenvalue weighted by Crippen LogP contribution is 2.32. The number of morpholine rings is 1. The fourth-order valence-electron chi connectivity index (χ4n) is 3.16. The lowest BCUT2D eigenvalue weighted by Gasteiger charge is -2.37. The van der Waals surface area contributed by atoms with E-state index in [0.29, 0.717) is 5.56 Å². The Morgan fingerprint density at radius 1 is 1.29 bits per heavy atom. The molecule has 1 N–H and O–H groups in total. The lowest BCUT2D eigenvalue weighted by atomic mass is 10.0. The van der Waals surface area contributed by atoms with Gasteiger partial charge in [0.05, 0.1) is 18.8 Å². The molecule has 1 fully saturated rings. The SMILES string of the molecule is C=CC(=O)N1CC(c2cc(Cl)nc(-c3cc(F)nc(C(=O)NC)c3)c2)O[C@@H](C(F)F)C1. The highest BCUT2D eigenvalue weighted by atomic mass is 35.5. The summed E-state index contributed by atoms with van der Waals surface area (Å²) in [4.78, 5) is 32.7. The van der Waals surface area contributed by atoms with Crippen LogP contribution in [0.2, 0.25) is 5.15 Å². The lowest BCUT2D eigenvalue weighted by Crippen LogP contribution is -2.48. The van der Waals surface area contributed by atoms with Gasteiger partial charge in [0.15, 0.2) is 0 Å². The number of halogens is 4. The molecule has 2 aromatic heterocycles. The van der Waals surface area contributed by atoms with Gasteiger partial charge in [-0.05, 0) is 29.8 Å². The number of rotatable bonds is 5. The second-order valence-corrected chi connectivity index (χ2v) is 7.08. The van der Waals surface area contributed by atoms with Crippen LogP contribution in [0.3, 0.4) is 0 Å². The molecule has 7 nitrogen and oxygen atoms in total. The molecule has 0 radical (unpaired) electrons. The van der Waals surface area contributed by atoms with Gasteiger partial charge >= 0.3 is 0 Å². The molecule has 1 unspecified atom stereocenters. The molecule has 2 amide bonds. The number of alkyl halides is 2. The molecule has 0 aromatic carbocycles. The third-order valence-electron chi connectivity index (χ3n) is 4.63. The number of ether oxygens (including phenoxy) is 1. The average molecular weight is 455 g/mol. The quantitative estimate of drug-likeness (QED) is 0.554. The predicted octanol–water partition coefficient (Wildman–Crippen LogP) is 3.02. The molecule has 0 saturated carbocycles. The number of nitrogens with one attached hydrogen (secondary N) is 1. The van der Waals surface area contributed by atoms with E-state index in [9.17, 15) is 22.8 Å². The number of aromatic nitrogens is 2. The first-order chi connectivity index (χ1) is 14.7. The van der Waals surface area contributed by atoms with Gasteiger partial charge in [0.1, 0.15) is 23.1 Å². The van der Waals surface area contributed by atoms with Crippen LogP contribution in [0.5, 0.6) is 0 Å². The van der Waals surface area contributed by atoms with Crippen LogP contribution in [0, 0.1) is 5.95 Å². The molecule has 11 heteroatoms. The highest BCUT2D eigenvalue weighted by molar-refractivity contribution is 6.29. The summed E-state index contributed by atoms with van der Waals surface area (Å²) in [5.41, 5.74) is 0.574. The summed E-state index contributed by atoms with van der Waals surface area (Å²) in [7, 11) is 1.38. The van der Waals surface area contributed by atoms with Gasteiger partial charge in [0.2, 0.25) is 11.9 Å². The summed E-state index contributed by atoms with van der Waals surface area (Å²) in [6.07, 6.45) is -4.21. The van der Waals surface area contributed by atoms with E-state index in [4.69, 9.17) is 16.3 Å². The molecule has 1 aliphatic rings. The van der Waals surface area contributed by atoms with Crippen LogP contribution in [-0.4, -0.2) is 59.3 Å². The largest absolute Gasteiger partial charge is 0.361 e. The molecule has 2 aromatic rings. The molecule has 31 heavy (non-hydrogen) atoms. The standard InChI is InChI=1S/C20H18ClF3N4O3/c1-3-18(29)28-8-14(31-15(9-28)19(23)24)11-5-12(26-16(21)6-11)10-4-13(20(30)25-2)27-17(22)7-10/h3-7,14-15,19H,1,8-9H2,2H3,(H,25,30)/t14?,15-/m1/s1. The topological polar surface area (TPSA) is 84.4 Å². The van der Waals surface area contributed by atoms with Crippen molar-refractivity contribution in [1.29, 1.82) is 0 Å². The molecule has 1 saturated heterocycles. The Morgan fingerprint density at radius 2 is 2.03 bits per heavy atom. The van der Waals surface area contributed by atoms with Gasteiger partial charge in [-0.25, -0.2) is 18.7 Å². The van der Waals surface area contributed by atoms with Crippen molar-refractivity contribution in [2.24, 2.45) is 0 Å². The van der Waals surface area contributed by atoms with E-state index >= 15 is 0 Å². The maximum Gasteiger partial charge on any atom is 0.269 e. The number of carbonyl (C=O) groups is 2. The van der Waals surface area contributed by atoms with Gasteiger partial charge in [-0.3, -0.25) is 9.59 Å². The van der Waals surface area contributed by atoms with E-state index in [2.05, 4.69) is 21.9 Å². The van der Waals surface area contributed by atoms with Crippen molar-refractivity contribution in [2.45, 2.75) is 18.6 Å². The predicted molar refractivity (Wildman–Crippen MR) is 106 cm³/mol. The number of hydrogen-bond acceptors (Lipinski definition) is 5. The van der Waals surface area contributed by atoms with Crippen LogP contribution in [0.15, 0.2) is 36.9 Å². The first kappa shape index (κ1) is 22.7. The second-order valence-electron chi connectivity index (χ2n) is 6.70. The average Bonchev–Trinajstić information content (AvgIpc) is 2.76. The van der Waals surface area contributed by atoms with Gasteiger partial charge in [0.25, 0.3) is 12.3 Å². The molecule has 3 heterocycles. The Hall–Kier alpha value is -2.98. The first-order valence-corrected chi connectivity index (χ1v) is 9.52.